The second kappa shape index (κ2) is 4.69. The van der Waals surface area contributed by atoms with Crippen LogP contribution in [0.25, 0.3) is 0 Å². The van der Waals surface area contributed by atoms with E-state index in [1.807, 2.05) is 6.92 Å². The molecule has 0 bridgehead atoms. The smallest absolute Gasteiger partial charge is 0.319 e. The standard InChI is InChI=1S/C11H16N4O3S/c1-7-10(8(2)15(3)14-7)13-11(16)12-9-4-5-19(17,18)6-9/h4-5,9H,6H2,1-3H3,(H2,12,13,16). The van der Waals surface area contributed by atoms with Gasteiger partial charge in [0.1, 0.15) is 0 Å². The fourth-order valence-corrected chi connectivity index (χ4v) is 3.17. The molecule has 1 atom stereocenters. The summed E-state index contributed by atoms with van der Waals surface area (Å²) in [6.07, 6.45) is 1.47. The van der Waals surface area contributed by atoms with Crippen molar-refractivity contribution in [3.63, 3.8) is 0 Å². The first-order valence-corrected chi connectivity index (χ1v) is 7.49. The number of amides is 2. The van der Waals surface area contributed by atoms with Crippen molar-refractivity contribution in [2.45, 2.75) is 19.9 Å². The lowest BCUT2D eigenvalue weighted by Crippen LogP contribution is -2.38. The average Bonchev–Trinajstić information content (AvgIpc) is 2.74. The van der Waals surface area contributed by atoms with E-state index in [9.17, 15) is 13.2 Å². The molecule has 0 fully saturated rings. The summed E-state index contributed by atoms with van der Waals surface area (Å²) in [6.45, 7) is 3.64. The van der Waals surface area contributed by atoms with Crippen molar-refractivity contribution < 1.29 is 13.2 Å². The molecule has 19 heavy (non-hydrogen) atoms. The molecular formula is C11H16N4O3S. The number of aromatic nitrogens is 2. The lowest BCUT2D eigenvalue weighted by atomic mass is 10.3. The molecule has 1 aliphatic rings. The molecule has 1 aromatic rings. The molecule has 104 valence electrons. The van der Waals surface area contributed by atoms with E-state index in [-0.39, 0.29) is 5.75 Å². The second-order valence-electron chi connectivity index (χ2n) is 4.53. The molecule has 7 nitrogen and oxygen atoms in total. The zero-order chi connectivity index (χ0) is 14.2. The third-order valence-electron chi connectivity index (χ3n) is 2.99. The van der Waals surface area contributed by atoms with Crippen LogP contribution in [0.2, 0.25) is 0 Å². The normalized spacial score (nSPS) is 20.5. The van der Waals surface area contributed by atoms with Crippen molar-refractivity contribution in [2.75, 3.05) is 11.1 Å². The number of nitrogens with zero attached hydrogens (tertiary/aromatic N) is 2. The SMILES string of the molecule is Cc1nn(C)c(C)c1NC(=O)NC1C=CS(=O)(=O)C1. The molecule has 2 amide bonds. The van der Waals surface area contributed by atoms with Crippen molar-refractivity contribution >= 4 is 21.6 Å². The number of sulfone groups is 1. The van der Waals surface area contributed by atoms with Crippen molar-refractivity contribution in [3.8, 4) is 0 Å². The summed E-state index contributed by atoms with van der Waals surface area (Å²) in [5.41, 5.74) is 2.19. The Hall–Kier alpha value is -1.83. The second-order valence-corrected chi connectivity index (χ2v) is 6.46. The summed E-state index contributed by atoms with van der Waals surface area (Å²) in [5, 5.41) is 10.6. The molecule has 2 rings (SSSR count). The summed E-state index contributed by atoms with van der Waals surface area (Å²) in [6, 6.07) is -0.923. The third-order valence-corrected chi connectivity index (χ3v) is 4.39. The van der Waals surface area contributed by atoms with Gasteiger partial charge in [-0.1, -0.05) is 0 Å². The third kappa shape index (κ3) is 2.95. The van der Waals surface area contributed by atoms with E-state index in [2.05, 4.69) is 15.7 Å². The minimum Gasteiger partial charge on any atom is -0.331 e. The van der Waals surface area contributed by atoms with Crippen LogP contribution < -0.4 is 10.6 Å². The summed E-state index contributed by atoms with van der Waals surface area (Å²) < 4.78 is 24.1. The number of rotatable bonds is 2. The highest BCUT2D eigenvalue weighted by molar-refractivity contribution is 7.94. The highest BCUT2D eigenvalue weighted by Crippen LogP contribution is 2.18. The Morgan fingerprint density at radius 3 is 2.63 bits per heavy atom. The van der Waals surface area contributed by atoms with Crippen LogP contribution in [0.5, 0.6) is 0 Å². The number of aryl methyl sites for hydroxylation is 2. The highest BCUT2D eigenvalue weighted by atomic mass is 32.2. The maximum absolute atomic E-state index is 11.8. The van der Waals surface area contributed by atoms with Gasteiger partial charge in [0, 0.05) is 12.5 Å². The zero-order valence-corrected chi connectivity index (χ0v) is 11.8. The van der Waals surface area contributed by atoms with E-state index < -0.39 is 21.9 Å². The van der Waals surface area contributed by atoms with E-state index >= 15 is 0 Å². The van der Waals surface area contributed by atoms with Crippen LogP contribution in [0, 0.1) is 13.8 Å². The van der Waals surface area contributed by atoms with Crippen LogP contribution in [0.1, 0.15) is 11.4 Å². The molecule has 0 spiro atoms. The van der Waals surface area contributed by atoms with Crippen LogP contribution in [-0.4, -0.2) is 36.0 Å². The van der Waals surface area contributed by atoms with Gasteiger partial charge in [0.2, 0.25) is 0 Å². The molecule has 1 aromatic heterocycles. The van der Waals surface area contributed by atoms with Gasteiger partial charge in [-0.25, -0.2) is 13.2 Å². The summed E-state index contributed by atoms with van der Waals surface area (Å²) >= 11 is 0. The number of carbonyl (C=O) groups excluding carboxylic acids is 1. The molecule has 0 saturated carbocycles. The van der Waals surface area contributed by atoms with Crippen LogP contribution in [-0.2, 0) is 16.9 Å². The zero-order valence-electron chi connectivity index (χ0n) is 11.0. The van der Waals surface area contributed by atoms with Crippen LogP contribution in [0.3, 0.4) is 0 Å². The summed E-state index contributed by atoms with van der Waals surface area (Å²) in [7, 11) is -1.38. The van der Waals surface area contributed by atoms with E-state index in [1.54, 1.807) is 18.7 Å². The molecule has 1 aliphatic heterocycles. The summed E-state index contributed by atoms with van der Waals surface area (Å²) in [5.74, 6) is -0.0918. The van der Waals surface area contributed by atoms with Gasteiger partial charge in [0.15, 0.2) is 9.84 Å². The lowest BCUT2D eigenvalue weighted by molar-refractivity contribution is 0.251. The summed E-state index contributed by atoms with van der Waals surface area (Å²) in [4.78, 5) is 11.8. The first-order valence-electron chi connectivity index (χ1n) is 5.77. The van der Waals surface area contributed by atoms with Crippen molar-refractivity contribution in [1.82, 2.24) is 15.1 Å². The Morgan fingerprint density at radius 1 is 1.47 bits per heavy atom. The maximum atomic E-state index is 11.8. The molecule has 0 aliphatic carbocycles. The molecule has 1 unspecified atom stereocenters. The maximum Gasteiger partial charge on any atom is 0.319 e. The largest absolute Gasteiger partial charge is 0.331 e. The van der Waals surface area contributed by atoms with E-state index in [0.717, 1.165) is 11.1 Å². The van der Waals surface area contributed by atoms with Gasteiger partial charge >= 0.3 is 6.03 Å². The Morgan fingerprint density at radius 2 is 2.16 bits per heavy atom. The van der Waals surface area contributed by atoms with Crippen LogP contribution in [0.15, 0.2) is 11.5 Å². The molecule has 2 heterocycles. The van der Waals surface area contributed by atoms with Gasteiger partial charge in [-0.3, -0.25) is 4.68 Å². The van der Waals surface area contributed by atoms with Gasteiger partial charge in [-0.2, -0.15) is 5.10 Å². The topological polar surface area (TPSA) is 93.1 Å². The van der Waals surface area contributed by atoms with E-state index in [4.69, 9.17) is 0 Å². The van der Waals surface area contributed by atoms with Crippen molar-refractivity contribution in [3.05, 3.63) is 22.9 Å². The highest BCUT2D eigenvalue weighted by Gasteiger charge is 2.23. The Bertz CT molecular complexity index is 645. The minimum absolute atomic E-state index is 0.0918. The van der Waals surface area contributed by atoms with Crippen molar-refractivity contribution in [2.24, 2.45) is 7.05 Å². The average molecular weight is 284 g/mol. The van der Waals surface area contributed by atoms with Gasteiger partial charge in [0.25, 0.3) is 0 Å². The number of hydrogen-bond donors (Lipinski definition) is 2. The van der Waals surface area contributed by atoms with E-state index in [1.165, 1.54) is 6.08 Å². The molecule has 2 N–H and O–H groups in total. The molecular weight excluding hydrogens is 268 g/mol. The number of nitrogens with one attached hydrogen (secondary N) is 2. The van der Waals surface area contributed by atoms with Crippen LogP contribution >= 0.6 is 0 Å². The monoisotopic (exact) mass is 284 g/mol. The first kappa shape index (κ1) is 13.6. The fourth-order valence-electron chi connectivity index (χ4n) is 1.94. The van der Waals surface area contributed by atoms with Gasteiger partial charge < -0.3 is 10.6 Å². The predicted molar refractivity (Wildman–Crippen MR) is 71.6 cm³/mol. The number of anilines is 1. The first-order chi connectivity index (χ1) is 8.78. The fraction of sp³-hybridized carbons (Fsp3) is 0.455. The van der Waals surface area contributed by atoms with Crippen molar-refractivity contribution in [1.29, 1.82) is 0 Å². The van der Waals surface area contributed by atoms with Gasteiger partial charge in [0.05, 0.1) is 28.9 Å². The van der Waals surface area contributed by atoms with Crippen LogP contribution in [0.4, 0.5) is 10.5 Å². The minimum atomic E-state index is -3.17. The Kier molecular flexibility index (Phi) is 3.36. The molecule has 0 radical (unpaired) electrons. The molecule has 8 heteroatoms. The van der Waals surface area contributed by atoms with Gasteiger partial charge in [-0.05, 0) is 19.9 Å². The molecule has 0 saturated heterocycles. The number of carbonyl (C=O) groups is 1. The quantitative estimate of drug-likeness (QED) is 0.825. The number of hydrogen-bond acceptors (Lipinski definition) is 4. The van der Waals surface area contributed by atoms with E-state index in [0.29, 0.717) is 11.4 Å². The van der Waals surface area contributed by atoms with Gasteiger partial charge in [-0.15, -0.1) is 0 Å². The Balaban J connectivity index is 2.01. The predicted octanol–water partition coefficient (Wildman–Crippen LogP) is 0.469. The Labute approximate surface area is 111 Å². The lowest BCUT2D eigenvalue weighted by Gasteiger charge is -2.11. The molecule has 0 aromatic carbocycles. The number of urea groups is 1.